The van der Waals surface area contributed by atoms with Gasteiger partial charge in [0.1, 0.15) is 5.82 Å². The molecule has 1 aliphatic rings. The smallest absolute Gasteiger partial charge is 0.126 e. The molecule has 3 rings (SSSR count). The summed E-state index contributed by atoms with van der Waals surface area (Å²) >= 11 is 0. The van der Waals surface area contributed by atoms with Gasteiger partial charge in [-0.05, 0) is 50.3 Å². The van der Waals surface area contributed by atoms with Crippen molar-refractivity contribution in [1.82, 2.24) is 14.9 Å². The number of fused-ring (bicyclic) bond motifs is 1. The molecule has 1 aromatic carbocycles. The van der Waals surface area contributed by atoms with Gasteiger partial charge in [0.25, 0.3) is 0 Å². The summed E-state index contributed by atoms with van der Waals surface area (Å²) in [4.78, 5) is 4.59. The van der Waals surface area contributed by atoms with Crippen molar-refractivity contribution in [1.29, 1.82) is 0 Å². The van der Waals surface area contributed by atoms with E-state index in [-0.39, 0.29) is 0 Å². The van der Waals surface area contributed by atoms with Crippen LogP contribution in [-0.4, -0.2) is 16.6 Å². The molecule has 0 aliphatic heterocycles. The summed E-state index contributed by atoms with van der Waals surface area (Å²) in [6.07, 6.45) is 7.57. The summed E-state index contributed by atoms with van der Waals surface area (Å²) in [5, 5.41) is 3.50. The second kappa shape index (κ2) is 5.80. The Hall–Kier alpha value is -1.61. The minimum atomic E-state index is 0.346. The first-order valence-electron chi connectivity index (χ1n) is 7.58. The molecular formula is C17H23N3. The standard InChI is InChI=1S/C17H23N3/c1-3-20-11-10-19-17(20)16(18-2)15-9-8-13-6-4-5-7-14(13)12-15/h4-7,10-11,15-16,18H,3,8-9,12H2,1-2H3. The number of nitrogens with zero attached hydrogens (tertiary/aromatic N) is 2. The lowest BCUT2D eigenvalue weighted by Gasteiger charge is -2.31. The molecule has 0 radical (unpaired) electrons. The second-order valence-corrected chi connectivity index (χ2v) is 5.61. The van der Waals surface area contributed by atoms with E-state index in [1.54, 1.807) is 0 Å². The molecule has 0 fully saturated rings. The zero-order valence-electron chi connectivity index (χ0n) is 12.3. The van der Waals surface area contributed by atoms with Crippen LogP contribution in [0.2, 0.25) is 0 Å². The minimum Gasteiger partial charge on any atom is -0.334 e. The largest absolute Gasteiger partial charge is 0.334 e. The molecule has 2 atom stereocenters. The van der Waals surface area contributed by atoms with E-state index in [0.29, 0.717) is 12.0 Å². The van der Waals surface area contributed by atoms with Crippen molar-refractivity contribution in [3.63, 3.8) is 0 Å². The predicted octanol–water partition coefficient (Wildman–Crippen LogP) is 2.97. The van der Waals surface area contributed by atoms with Crippen LogP contribution in [0.15, 0.2) is 36.7 Å². The maximum atomic E-state index is 4.59. The highest BCUT2D eigenvalue weighted by Crippen LogP contribution is 2.33. The van der Waals surface area contributed by atoms with Gasteiger partial charge in [-0.2, -0.15) is 0 Å². The highest BCUT2D eigenvalue weighted by molar-refractivity contribution is 5.30. The maximum Gasteiger partial charge on any atom is 0.126 e. The van der Waals surface area contributed by atoms with Gasteiger partial charge in [-0.1, -0.05) is 24.3 Å². The van der Waals surface area contributed by atoms with Gasteiger partial charge < -0.3 is 9.88 Å². The quantitative estimate of drug-likeness (QED) is 0.925. The molecule has 1 aliphatic carbocycles. The average molecular weight is 269 g/mol. The van der Waals surface area contributed by atoms with Crippen LogP contribution in [-0.2, 0) is 19.4 Å². The van der Waals surface area contributed by atoms with Crippen molar-refractivity contribution < 1.29 is 0 Å². The molecule has 1 aromatic heterocycles. The third-order valence-electron chi connectivity index (χ3n) is 4.53. The van der Waals surface area contributed by atoms with E-state index in [0.717, 1.165) is 13.0 Å². The lowest BCUT2D eigenvalue weighted by molar-refractivity contribution is 0.322. The van der Waals surface area contributed by atoms with E-state index in [1.165, 1.54) is 29.8 Å². The first kappa shape index (κ1) is 13.4. The van der Waals surface area contributed by atoms with Crippen molar-refractivity contribution >= 4 is 0 Å². The van der Waals surface area contributed by atoms with Crippen LogP contribution in [0.1, 0.15) is 36.3 Å². The molecule has 0 amide bonds. The number of rotatable bonds is 4. The molecule has 0 bridgehead atoms. The molecule has 2 aromatic rings. The summed E-state index contributed by atoms with van der Waals surface area (Å²) in [7, 11) is 2.06. The molecule has 3 heteroatoms. The third-order valence-corrected chi connectivity index (χ3v) is 4.53. The van der Waals surface area contributed by atoms with Crippen LogP contribution in [0, 0.1) is 5.92 Å². The first-order valence-corrected chi connectivity index (χ1v) is 7.58. The molecule has 3 nitrogen and oxygen atoms in total. The van der Waals surface area contributed by atoms with Crippen LogP contribution in [0.4, 0.5) is 0 Å². The molecular weight excluding hydrogens is 246 g/mol. The Labute approximate surface area is 121 Å². The zero-order valence-corrected chi connectivity index (χ0v) is 12.3. The van der Waals surface area contributed by atoms with Gasteiger partial charge in [0.05, 0.1) is 6.04 Å². The van der Waals surface area contributed by atoms with Gasteiger partial charge in [-0.15, -0.1) is 0 Å². The van der Waals surface area contributed by atoms with E-state index in [9.17, 15) is 0 Å². The maximum absolute atomic E-state index is 4.59. The molecule has 0 saturated heterocycles. The van der Waals surface area contributed by atoms with E-state index in [2.05, 4.69) is 59.3 Å². The van der Waals surface area contributed by atoms with Crippen LogP contribution >= 0.6 is 0 Å². The summed E-state index contributed by atoms with van der Waals surface area (Å²) in [6.45, 7) is 3.16. The van der Waals surface area contributed by atoms with Crippen LogP contribution < -0.4 is 5.32 Å². The Bertz CT molecular complexity index is 573. The topological polar surface area (TPSA) is 29.9 Å². The van der Waals surface area contributed by atoms with Crippen LogP contribution in [0.5, 0.6) is 0 Å². The van der Waals surface area contributed by atoms with Gasteiger partial charge in [0, 0.05) is 18.9 Å². The first-order chi connectivity index (χ1) is 9.83. The number of aromatic nitrogens is 2. The van der Waals surface area contributed by atoms with E-state index in [1.807, 2.05) is 6.20 Å². The van der Waals surface area contributed by atoms with Crippen molar-refractivity contribution in [3.8, 4) is 0 Å². The second-order valence-electron chi connectivity index (χ2n) is 5.61. The minimum absolute atomic E-state index is 0.346. The fourth-order valence-electron chi connectivity index (χ4n) is 3.45. The summed E-state index contributed by atoms with van der Waals surface area (Å²) < 4.78 is 2.25. The SMILES string of the molecule is CCn1ccnc1C(NC)C1CCc2ccccc2C1. The number of nitrogens with one attached hydrogen (secondary N) is 1. The molecule has 1 N–H and O–H groups in total. The Kier molecular flexibility index (Phi) is 3.88. The Morgan fingerprint density at radius 3 is 2.90 bits per heavy atom. The molecule has 2 unspecified atom stereocenters. The fraction of sp³-hybridized carbons (Fsp3) is 0.471. The third kappa shape index (κ3) is 2.38. The van der Waals surface area contributed by atoms with Crippen LogP contribution in [0.25, 0.3) is 0 Å². The molecule has 1 heterocycles. The van der Waals surface area contributed by atoms with Crippen molar-refractivity contribution in [2.75, 3.05) is 7.05 Å². The van der Waals surface area contributed by atoms with E-state index < -0.39 is 0 Å². The average Bonchev–Trinajstić information content (AvgIpc) is 2.96. The lowest BCUT2D eigenvalue weighted by Crippen LogP contribution is -2.31. The highest BCUT2D eigenvalue weighted by atomic mass is 15.1. The monoisotopic (exact) mass is 269 g/mol. The number of hydrogen-bond acceptors (Lipinski definition) is 2. The molecule has 0 saturated carbocycles. The van der Waals surface area contributed by atoms with Gasteiger partial charge >= 0.3 is 0 Å². The van der Waals surface area contributed by atoms with E-state index >= 15 is 0 Å². The molecule has 20 heavy (non-hydrogen) atoms. The predicted molar refractivity (Wildman–Crippen MR) is 81.7 cm³/mol. The number of hydrogen-bond donors (Lipinski definition) is 1. The van der Waals surface area contributed by atoms with Gasteiger partial charge in [0.2, 0.25) is 0 Å². The fourth-order valence-corrected chi connectivity index (χ4v) is 3.45. The number of aryl methyl sites for hydroxylation is 2. The Morgan fingerprint density at radius 2 is 2.15 bits per heavy atom. The van der Waals surface area contributed by atoms with Crippen LogP contribution in [0.3, 0.4) is 0 Å². The number of benzene rings is 1. The normalized spacial score (nSPS) is 19.6. The summed E-state index contributed by atoms with van der Waals surface area (Å²) in [5.74, 6) is 1.81. The van der Waals surface area contributed by atoms with Crippen molar-refractivity contribution in [3.05, 3.63) is 53.6 Å². The lowest BCUT2D eigenvalue weighted by atomic mass is 9.79. The molecule has 106 valence electrons. The van der Waals surface area contributed by atoms with Gasteiger partial charge in [-0.3, -0.25) is 0 Å². The van der Waals surface area contributed by atoms with E-state index in [4.69, 9.17) is 0 Å². The van der Waals surface area contributed by atoms with Gasteiger partial charge in [0.15, 0.2) is 0 Å². The summed E-state index contributed by atoms with van der Waals surface area (Å²) in [5.41, 5.74) is 3.04. The Morgan fingerprint density at radius 1 is 1.35 bits per heavy atom. The Balaban J connectivity index is 1.85. The number of imidazole rings is 1. The van der Waals surface area contributed by atoms with Gasteiger partial charge in [-0.25, -0.2) is 4.98 Å². The highest BCUT2D eigenvalue weighted by Gasteiger charge is 2.28. The van der Waals surface area contributed by atoms with Crippen molar-refractivity contribution in [2.24, 2.45) is 5.92 Å². The van der Waals surface area contributed by atoms with Crippen molar-refractivity contribution in [2.45, 2.75) is 38.8 Å². The summed E-state index contributed by atoms with van der Waals surface area (Å²) in [6, 6.07) is 9.20. The molecule has 0 spiro atoms. The zero-order chi connectivity index (χ0) is 13.9.